The van der Waals surface area contributed by atoms with Gasteiger partial charge in [-0.3, -0.25) is 4.79 Å². The summed E-state index contributed by atoms with van der Waals surface area (Å²) in [6.45, 7) is 0. The van der Waals surface area contributed by atoms with Crippen LogP contribution in [0.3, 0.4) is 0 Å². The quantitative estimate of drug-likeness (QED) is 0.686. The lowest BCUT2D eigenvalue weighted by Gasteiger charge is -2.10. The number of rotatable bonds is 5. The van der Waals surface area contributed by atoms with Crippen molar-refractivity contribution in [3.8, 4) is 10.4 Å². The SMILES string of the molecule is O=C(Nc1ccccc1-c1cccs1)c1ccc(S(=O)(=O)C(F)F)cc1. The van der Waals surface area contributed by atoms with Crippen molar-refractivity contribution in [3.05, 3.63) is 71.6 Å². The Hall–Kier alpha value is -2.58. The van der Waals surface area contributed by atoms with Crippen LogP contribution < -0.4 is 5.32 Å². The number of para-hydroxylation sites is 1. The van der Waals surface area contributed by atoms with Crippen LogP contribution in [0.25, 0.3) is 10.4 Å². The van der Waals surface area contributed by atoms with Crippen molar-refractivity contribution >= 4 is 32.8 Å². The third kappa shape index (κ3) is 3.66. The largest absolute Gasteiger partial charge is 0.341 e. The summed E-state index contributed by atoms with van der Waals surface area (Å²) < 4.78 is 48.0. The zero-order valence-electron chi connectivity index (χ0n) is 13.2. The van der Waals surface area contributed by atoms with Crippen molar-refractivity contribution in [1.82, 2.24) is 0 Å². The third-order valence-electron chi connectivity index (χ3n) is 3.64. The smallest absolute Gasteiger partial charge is 0.321 e. The fourth-order valence-electron chi connectivity index (χ4n) is 2.33. The molecule has 2 aromatic carbocycles. The molecule has 8 heteroatoms. The molecule has 1 aromatic heterocycles. The number of sulfone groups is 1. The van der Waals surface area contributed by atoms with Gasteiger partial charge in [-0.15, -0.1) is 11.3 Å². The Bertz CT molecular complexity index is 1010. The van der Waals surface area contributed by atoms with Gasteiger partial charge in [-0.25, -0.2) is 8.42 Å². The zero-order valence-corrected chi connectivity index (χ0v) is 14.9. The molecule has 1 N–H and O–H groups in total. The number of benzene rings is 2. The molecule has 0 saturated carbocycles. The van der Waals surface area contributed by atoms with Crippen LogP contribution in [0, 0.1) is 0 Å². The van der Waals surface area contributed by atoms with Gasteiger partial charge in [-0.2, -0.15) is 8.78 Å². The van der Waals surface area contributed by atoms with E-state index in [4.69, 9.17) is 0 Å². The van der Waals surface area contributed by atoms with Gasteiger partial charge in [0.2, 0.25) is 9.84 Å². The first kappa shape index (κ1) is 18.2. The van der Waals surface area contributed by atoms with Crippen LogP contribution in [0.2, 0.25) is 0 Å². The van der Waals surface area contributed by atoms with Crippen LogP contribution in [-0.4, -0.2) is 20.1 Å². The number of alkyl halides is 2. The fraction of sp³-hybridized carbons (Fsp3) is 0.0556. The molecule has 26 heavy (non-hydrogen) atoms. The maximum absolute atomic E-state index is 12.6. The number of carbonyl (C=O) groups excluding carboxylic acids is 1. The summed E-state index contributed by atoms with van der Waals surface area (Å²) in [5.41, 5.74) is 1.62. The summed E-state index contributed by atoms with van der Waals surface area (Å²) in [5.74, 6) is -3.96. The van der Waals surface area contributed by atoms with Gasteiger partial charge in [-0.1, -0.05) is 24.3 Å². The van der Waals surface area contributed by atoms with Gasteiger partial charge in [0.25, 0.3) is 5.91 Å². The highest BCUT2D eigenvalue weighted by atomic mass is 32.2. The number of hydrogen-bond acceptors (Lipinski definition) is 4. The maximum atomic E-state index is 12.6. The van der Waals surface area contributed by atoms with Gasteiger partial charge in [-0.05, 0) is 41.8 Å². The first-order valence-electron chi connectivity index (χ1n) is 7.46. The molecule has 0 radical (unpaired) electrons. The number of halogens is 2. The summed E-state index contributed by atoms with van der Waals surface area (Å²) in [5, 5.41) is 4.69. The molecule has 0 aliphatic heterocycles. The summed E-state index contributed by atoms with van der Waals surface area (Å²) in [7, 11) is -4.68. The van der Waals surface area contributed by atoms with Crippen molar-refractivity contribution in [2.75, 3.05) is 5.32 Å². The standard InChI is InChI=1S/C18H13F2NO3S2/c19-18(20)26(23,24)13-9-7-12(8-10-13)17(22)21-15-5-2-1-4-14(15)16-6-3-11-25-16/h1-11,18H,(H,21,22). The Morgan fingerprint density at radius 2 is 1.65 bits per heavy atom. The number of hydrogen-bond donors (Lipinski definition) is 1. The lowest BCUT2D eigenvalue weighted by atomic mass is 10.1. The third-order valence-corrected chi connectivity index (χ3v) is 5.94. The zero-order chi connectivity index (χ0) is 18.7. The number of anilines is 1. The average Bonchev–Trinajstić information content (AvgIpc) is 3.16. The lowest BCUT2D eigenvalue weighted by molar-refractivity contribution is 0.102. The van der Waals surface area contributed by atoms with E-state index in [9.17, 15) is 22.0 Å². The van der Waals surface area contributed by atoms with Crippen LogP contribution in [0.15, 0.2) is 70.9 Å². The molecule has 134 valence electrons. The first-order chi connectivity index (χ1) is 12.4. The predicted octanol–water partition coefficient (Wildman–Crippen LogP) is 4.66. The molecule has 0 spiro atoms. The predicted molar refractivity (Wildman–Crippen MR) is 97.3 cm³/mol. The maximum Gasteiger partial charge on any atom is 0.341 e. The van der Waals surface area contributed by atoms with E-state index in [2.05, 4.69) is 5.32 Å². The molecule has 0 fully saturated rings. The van der Waals surface area contributed by atoms with E-state index in [0.29, 0.717) is 5.69 Å². The molecule has 4 nitrogen and oxygen atoms in total. The topological polar surface area (TPSA) is 63.2 Å². The summed E-state index contributed by atoms with van der Waals surface area (Å²) in [6.07, 6.45) is 0. The molecule has 0 unspecified atom stereocenters. The fourth-order valence-corrected chi connectivity index (χ4v) is 3.82. The molecule has 1 amide bonds. The van der Waals surface area contributed by atoms with E-state index in [1.165, 1.54) is 23.5 Å². The van der Waals surface area contributed by atoms with Crippen molar-refractivity contribution in [3.63, 3.8) is 0 Å². The molecular weight excluding hydrogens is 380 g/mol. The second kappa shape index (κ2) is 7.35. The van der Waals surface area contributed by atoms with Crippen LogP contribution in [0.4, 0.5) is 14.5 Å². The van der Waals surface area contributed by atoms with Gasteiger partial charge >= 0.3 is 5.76 Å². The summed E-state index contributed by atoms with van der Waals surface area (Å²) in [6, 6.07) is 15.5. The van der Waals surface area contributed by atoms with E-state index in [0.717, 1.165) is 22.6 Å². The van der Waals surface area contributed by atoms with Crippen molar-refractivity contribution in [1.29, 1.82) is 0 Å². The van der Waals surface area contributed by atoms with E-state index >= 15 is 0 Å². The molecule has 1 heterocycles. The Labute approximate surface area is 153 Å². The van der Waals surface area contributed by atoms with Crippen molar-refractivity contribution in [2.45, 2.75) is 10.7 Å². The Morgan fingerprint density at radius 1 is 0.962 bits per heavy atom. The monoisotopic (exact) mass is 393 g/mol. The van der Waals surface area contributed by atoms with Gasteiger partial charge in [0, 0.05) is 21.7 Å². The van der Waals surface area contributed by atoms with Crippen LogP contribution in [0.1, 0.15) is 10.4 Å². The molecule has 3 aromatic rings. The highest BCUT2D eigenvalue weighted by Gasteiger charge is 2.26. The molecule has 0 aliphatic carbocycles. The number of amides is 1. The minimum Gasteiger partial charge on any atom is -0.321 e. The summed E-state index contributed by atoms with van der Waals surface area (Å²) >= 11 is 1.53. The van der Waals surface area contributed by atoms with Gasteiger partial charge < -0.3 is 5.32 Å². The minimum absolute atomic E-state index is 0.166. The van der Waals surface area contributed by atoms with Gasteiger partial charge in [0.15, 0.2) is 0 Å². The molecule has 0 saturated heterocycles. The Balaban J connectivity index is 1.84. The van der Waals surface area contributed by atoms with Crippen molar-refractivity contribution in [2.24, 2.45) is 0 Å². The highest BCUT2D eigenvalue weighted by molar-refractivity contribution is 7.91. The lowest BCUT2D eigenvalue weighted by Crippen LogP contribution is -2.14. The molecular formula is C18H13F2NO3S2. The van der Waals surface area contributed by atoms with Crippen LogP contribution >= 0.6 is 11.3 Å². The summed E-state index contributed by atoms with van der Waals surface area (Å²) in [4.78, 5) is 12.9. The van der Waals surface area contributed by atoms with E-state index in [-0.39, 0.29) is 5.56 Å². The normalized spacial score (nSPS) is 11.5. The Kier molecular flexibility index (Phi) is 5.15. The molecule has 0 bridgehead atoms. The highest BCUT2D eigenvalue weighted by Crippen LogP contribution is 2.31. The average molecular weight is 393 g/mol. The first-order valence-corrected chi connectivity index (χ1v) is 9.88. The molecule has 3 rings (SSSR count). The van der Waals surface area contributed by atoms with Crippen LogP contribution in [-0.2, 0) is 9.84 Å². The van der Waals surface area contributed by atoms with E-state index < -0.39 is 26.4 Å². The van der Waals surface area contributed by atoms with Gasteiger partial charge in [0.05, 0.1) is 4.90 Å². The van der Waals surface area contributed by atoms with E-state index in [1.807, 2.05) is 29.6 Å². The van der Waals surface area contributed by atoms with Gasteiger partial charge in [0.1, 0.15) is 0 Å². The number of thiophene rings is 1. The second-order valence-electron chi connectivity index (χ2n) is 5.31. The Morgan fingerprint density at radius 3 is 2.27 bits per heavy atom. The second-order valence-corrected chi connectivity index (χ2v) is 8.17. The van der Waals surface area contributed by atoms with Crippen molar-refractivity contribution < 1.29 is 22.0 Å². The van der Waals surface area contributed by atoms with E-state index in [1.54, 1.807) is 12.1 Å². The molecule has 0 atom stereocenters. The number of nitrogens with one attached hydrogen (secondary N) is 1. The minimum atomic E-state index is -4.68. The molecule has 0 aliphatic rings. The van der Waals surface area contributed by atoms with Crippen LogP contribution in [0.5, 0.6) is 0 Å². The number of carbonyl (C=O) groups is 1.